The molecular formula is C56H133N7. The summed E-state index contributed by atoms with van der Waals surface area (Å²) < 4.78 is 0. The van der Waals surface area contributed by atoms with E-state index in [2.05, 4.69) is 96.9 Å². The van der Waals surface area contributed by atoms with Crippen molar-refractivity contribution in [3.05, 3.63) is 0 Å². The molecule has 0 aromatic rings. The van der Waals surface area contributed by atoms with Gasteiger partial charge in [0.25, 0.3) is 0 Å². The van der Waals surface area contributed by atoms with Crippen LogP contribution < -0.4 is 40.1 Å². The number of unbranched alkanes of at least 4 members (excludes halogenated alkanes) is 15. The smallest absolute Gasteiger partial charge is 0.00748 e. The van der Waals surface area contributed by atoms with Crippen molar-refractivity contribution < 1.29 is 0 Å². The predicted octanol–water partition coefficient (Wildman–Crippen LogP) is 15.1. The Morgan fingerprint density at radius 1 is 0.159 bits per heavy atom. The molecule has 7 heteroatoms. The fourth-order valence-corrected chi connectivity index (χ4v) is 6.11. The minimum atomic E-state index is 0.773. The second kappa shape index (κ2) is 73.3. The van der Waals surface area contributed by atoms with Gasteiger partial charge in [0.05, 0.1) is 0 Å². The van der Waals surface area contributed by atoms with Crippen molar-refractivity contribution in [2.24, 2.45) is 81.6 Å². The van der Waals surface area contributed by atoms with E-state index in [0.717, 1.165) is 93.7 Å². The molecule has 7 nitrogen and oxygen atoms in total. The van der Waals surface area contributed by atoms with Crippen LogP contribution in [-0.4, -0.2) is 45.8 Å². The molecule has 0 atom stereocenters. The van der Waals surface area contributed by atoms with Gasteiger partial charge >= 0.3 is 0 Å². The minimum absolute atomic E-state index is 0.773. The average Bonchev–Trinajstić information content (AvgIpc) is 3.20. The molecule has 0 radical (unpaired) electrons. The predicted molar refractivity (Wildman–Crippen MR) is 297 cm³/mol. The van der Waals surface area contributed by atoms with Gasteiger partial charge in [0.2, 0.25) is 0 Å². The zero-order chi connectivity index (χ0) is 49.8. The second-order valence-corrected chi connectivity index (χ2v) is 21.2. The summed E-state index contributed by atoms with van der Waals surface area (Å²) in [6, 6.07) is 0. The fraction of sp³-hybridized carbons (Fsp3) is 1.00. The Morgan fingerprint density at radius 3 is 0.460 bits per heavy atom. The lowest BCUT2D eigenvalue weighted by atomic mass is 10.0. The van der Waals surface area contributed by atoms with E-state index in [1.165, 1.54) is 173 Å². The Hall–Kier alpha value is -0.280. The van der Waals surface area contributed by atoms with E-state index in [9.17, 15) is 0 Å². The summed E-state index contributed by atoms with van der Waals surface area (Å²) in [6.07, 6.45) is 37.0. The van der Waals surface area contributed by atoms with Gasteiger partial charge in [0.15, 0.2) is 0 Å². The third-order valence-corrected chi connectivity index (χ3v) is 10.4. The molecule has 0 saturated carbocycles. The molecule has 0 unspecified atom stereocenters. The first-order chi connectivity index (χ1) is 29.9. The highest BCUT2D eigenvalue weighted by molar-refractivity contribution is 4.52. The molecule has 0 fully saturated rings. The van der Waals surface area contributed by atoms with Gasteiger partial charge in [-0.25, -0.2) is 0 Å². The van der Waals surface area contributed by atoms with Crippen LogP contribution in [0.3, 0.4) is 0 Å². The van der Waals surface area contributed by atoms with Crippen molar-refractivity contribution >= 4 is 0 Å². The number of hydrogen-bond donors (Lipinski definition) is 7. The lowest BCUT2D eigenvalue weighted by Crippen LogP contribution is -2.01. The summed E-state index contributed by atoms with van der Waals surface area (Å²) in [7, 11) is 0. The molecule has 0 aromatic carbocycles. The van der Waals surface area contributed by atoms with Crippen molar-refractivity contribution in [2.75, 3.05) is 45.8 Å². The van der Waals surface area contributed by atoms with Gasteiger partial charge in [0, 0.05) is 0 Å². The van der Waals surface area contributed by atoms with Crippen LogP contribution in [0, 0.1) is 41.4 Å². The first-order valence-electron chi connectivity index (χ1n) is 27.8. The fourth-order valence-electron chi connectivity index (χ4n) is 6.11. The zero-order valence-electron chi connectivity index (χ0n) is 46.8. The maximum Gasteiger partial charge on any atom is -0.00748 e. The monoisotopic (exact) mass is 904 g/mol. The summed E-state index contributed by atoms with van der Waals surface area (Å²) in [5.74, 6) is 5.94. The molecule has 0 rings (SSSR count). The SMILES string of the molecule is CC(C)CCCCCCCCN.CC(C)CCCCCCCN.CC(C)CCCCCCN.CC(C)CCCCCN.CC(C)CCCCN.CC(C)CCCN.CC(C)CCN. The van der Waals surface area contributed by atoms with Crippen LogP contribution in [0.1, 0.15) is 277 Å². The largest absolute Gasteiger partial charge is 0.330 e. The van der Waals surface area contributed by atoms with Crippen LogP contribution in [0.2, 0.25) is 0 Å². The minimum Gasteiger partial charge on any atom is -0.330 e. The topological polar surface area (TPSA) is 182 Å². The normalized spacial score (nSPS) is 10.7. The van der Waals surface area contributed by atoms with Gasteiger partial charge in [-0.1, -0.05) is 225 Å². The van der Waals surface area contributed by atoms with Crippen LogP contribution in [0.5, 0.6) is 0 Å². The third-order valence-electron chi connectivity index (χ3n) is 10.4. The molecule has 0 aliphatic rings. The molecule has 392 valence electrons. The Kier molecular flexibility index (Phi) is 89.5. The van der Waals surface area contributed by atoms with E-state index >= 15 is 0 Å². The van der Waals surface area contributed by atoms with E-state index in [-0.39, 0.29) is 0 Å². The number of nitrogens with two attached hydrogens (primary N) is 7. The first kappa shape index (κ1) is 77.0. The molecule has 14 N–H and O–H groups in total. The number of rotatable bonds is 35. The molecular weight excluding hydrogens is 771 g/mol. The Morgan fingerprint density at radius 2 is 0.302 bits per heavy atom. The van der Waals surface area contributed by atoms with Crippen molar-refractivity contribution in [1.82, 2.24) is 0 Å². The van der Waals surface area contributed by atoms with Crippen LogP contribution in [0.4, 0.5) is 0 Å². The maximum absolute atomic E-state index is 5.41. The maximum atomic E-state index is 5.41. The zero-order valence-corrected chi connectivity index (χ0v) is 46.8. The molecule has 0 heterocycles. The molecule has 0 aliphatic heterocycles. The summed E-state index contributed by atoms with van der Waals surface area (Å²) >= 11 is 0. The van der Waals surface area contributed by atoms with Gasteiger partial charge in [-0.15, -0.1) is 0 Å². The molecule has 0 bridgehead atoms. The van der Waals surface area contributed by atoms with Gasteiger partial charge in [0.1, 0.15) is 0 Å². The van der Waals surface area contributed by atoms with Crippen LogP contribution in [0.15, 0.2) is 0 Å². The highest BCUT2D eigenvalue weighted by Gasteiger charge is 1.96. The lowest BCUT2D eigenvalue weighted by molar-refractivity contribution is 0.512. The molecule has 0 amide bonds. The highest BCUT2D eigenvalue weighted by atomic mass is 14.5. The quantitative estimate of drug-likeness (QED) is 0.0309. The van der Waals surface area contributed by atoms with Crippen molar-refractivity contribution in [3.63, 3.8) is 0 Å². The second-order valence-electron chi connectivity index (χ2n) is 21.2. The molecule has 0 aromatic heterocycles. The molecule has 0 saturated heterocycles. The molecule has 0 spiro atoms. The summed E-state index contributed by atoms with van der Waals surface area (Å²) in [4.78, 5) is 0. The van der Waals surface area contributed by atoms with E-state index in [4.69, 9.17) is 40.1 Å². The Bertz CT molecular complexity index is 668. The summed E-state index contributed by atoms with van der Waals surface area (Å²) in [6.45, 7) is 37.5. The number of hydrogen-bond acceptors (Lipinski definition) is 7. The van der Waals surface area contributed by atoms with Crippen LogP contribution >= 0.6 is 0 Å². The Balaban J connectivity index is -0.000000117. The van der Waals surface area contributed by atoms with E-state index < -0.39 is 0 Å². The van der Waals surface area contributed by atoms with Crippen molar-refractivity contribution in [1.29, 1.82) is 0 Å². The molecule has 63 heavy (non-hydrogen) atoms. The van der Waals surface area contributed by atoms with Crippen LogP contribution in [0.25, 0.3) is 0 Å². The van der Waals surface area contributed by atoms with E-state index in [0.29, 0.717) is 0 Å². The third kappa shape index (κ3) is 126. The highest BCUT2D eigenvalue weighted by Crippen LogP contribution is 2.12. The van der Waals surface area contributed by atoms with E-state index in [1.54, 1.807) is 0 Å². The lowest BCUT2D eigenvalue weighted by Gasteiger charge is -2.03. The average molecular weight is 905 g/mol. The van der Waals surface area contributed by atoms with Gasteiger partial charge in [-0.05, 0) is 139 Å². The van der Waals surface area contributed by atoms with Gasteiger partial charge in [-0.2, -0.15) is 0 Å². The molecule has 0 aliphatic carbocycles. The Labute approximate surface area is 402 Å². The van der Waals surface area contributed by atoms with Gasteiger partial charge < -0.3 is 40.1 Å². The first-order valence-corrected chi connectivity index (χ1v) is 27.8. The van der Waals surface area contributed by atoms with Crippen molar-refractivity contribution in [2.45, 2.75) is 277 Å². The van der Waals surface area contributed by atoms with Crippen LogP contribution in [-0.2, 0) is 0 Å². The van der Waals surface area contributed by atoms with Gasteiger partial charge in [-0.3, -0.25) is 0 Å². The summed E-state index contributed by atoms with van der Waals surface area (Å²) in [5, 5.41) is 0. The van der Waals surface area contributed by atoms with E-state index in [1.807, 2.05) is 0 Å². The summed E-state index contributed by atoms with van der Waals surface area (Å²) in [5.41, 5.74) is 37.3. The standard InChI is InChI=1S/C11H25N.C10H23N.C9H21N.C8H19N.C7H17N.C6H15N.C5H13N/c1-11(2)9-7-5-3-4-6-8-10-12;1-10(2)8-6-4-3-5-7-9-11;1-9(2)7-5-3-4-6-8-10;1-8(2)6-4-3-5-7-9;1-7(2)5-3-4-6-8;1-6(2)4-3-5-7;1-5(2)3-4-6/h11H,3-10,12H2,1-2H3;10H,3-9,11H2,1-2H3;9H,3-8,10H2,1-2H3;8H,3-7,9H2,1-2H3;7H,3-6,8H2,1-2H3;6H,3-5,7H2,1-2H3;5H,3-4,6H2,1-2H3. The van der Waals surface area contributed by atoms with Crippen molar-refractivity contribution in [3.8, 4) is 0 Å².